The maximum absolute atomic E-state index is 12.0. The number of piperidine rings is 1. The predicted octanol–water partition coefficient (Wildman–Crippen LogP) is 2.11. The Morgan fingerprint density at radius 1 is 1.15 bits per heavy atom. The van der Waals surface area contributed by atoms with Gasteiger partial charge in [0.1, 0.15) is 11.6 Å². The van der Waals surface area contributed by atoms with Gasteiger partial charge in [0, 0.05) is 43.7 Å². The molecular weight excluding hydrogens is 346 g/mol. The van der Waals surface area contributed by atoms with Crippen molar-refractivity contribution in [2.24, 2.45) is 0 Å². The van der Waals surface area contributed by atoms with Crippen LogP contribution in [-0.4, -0.2) is 44.7 Å². The van der Waals surface area contributed by atoms with E-state index < -0.39 is 11.6 Å². The minimum Gasteiger partial charge on any atom is -0.478 e. The number of nitrogens with two attached hydrogens (primary N) is 1. The molecule has 0 radical (unpaired) electrons. The molecule has 0 amide bonds. The van der Waals surface area contributed by atoms with Crippen LogP contribution < -0.4 is 15.4 Å². The SMILES string of the molecule is Nc1nccc(N2CCC(Oc3ccc4ncccc4c3)(C(=O)O)CC2)n1. The third-order valence-corrected chi connectivity index (χ3v) is 4.83. The molecule has 0 atom stereocenters. The Morgan fingerprint density at radius 2 is 1.96 bits per heavy atom. The Hall–Kier alpha value is -3.42. The molecule has 3 heterocycles. The van der Waals surface area contributed by atoms with Gasteiger partial charge in [-0.3, -0.25) is 4.98 Å². The number of anilines is 2. The van der Waals surface area contributed by atoms with Gasteiger partial charge in [-0.05, 0) is 30.3 Å². The number of ether oxygens (including phenoxy) is 1. The minimum atomic E-state index is -1.27. The Morgan fingerprint density at radius 3 is 2.70 bits per heavy atom. The molecule has 1 fully saturated rings. The maximum atomic E-state index is 12.0. The highest BCUT2D eigenvalue weighted by atomic mass is 16.5. The standard InChI is InChI=1S/C19H19N5O3/c20-18-22-9-5-16(23-18)24-10-6-19(7-11-24,17(25)26)27-14-3-4-15-13(12-14)2-1-8-21-15/h1-5,8-9,12H,6-7,10-11H2,(H,25,26)(H2,20,22,23). The molecule has 0 bridgehead atoms. The van der Waals surface area contributed by atoms with E-state index in [4.69, 9.17) is 10.5 Å². The highest BCUT2D eigenvalue weighted by Gasteiger charge is 2.44. The largest absolute Gasteiger partial charge is 0.478 e. The van der Waals surface area contributed by atoms with Gasteiger partial charge in [0.05, 0.1) is 5.52 Å². The lowest BCUT2D eigenvalue weighted by Gasteiger charge is -2.39. The van der Waals surface area contributed by atoms with Gasteiger partial charge in [0.2, 0.25) is 11.5 Å². The van der Waals surface area contributed by atoms with Gasteiger partial charge in [-0.25, -0.2) is 9.78 Å². The summed E-state index contributed by atoms with van der Waals surface area (Å²) in [4.78, 5) is 26.4. The van der Waals surface area contributed by atoms with Crippen molar-refractivity contribution < 1.29 is 14.6 Å². The molecule has 3 aromatic rings. The number of nitrogen functional groups attached to an aromatic ring is 1. The molecule has 27 heavy (non-hydrogen) atoms. The van der Waals surface area contributed by atoms with E-state index >= 15 is 0 Å². The third kappa shape index (κ3) is 3.33. The molecule has 0 aliphatic carbocycles. The summed E-state index contributed by atoms with van der Waals surface area (Å²) in [6.45, 7) is 0.996. The Balaban J connectivity index is 1.54. The van der Waals surface area contributed by atoms with Crippen molar-refractivity contribution >= 4 is 28.6 Å². The second-order valence-electron chi connectivity index (χ2n) is 6.52. The van der Waals surface area contributed by atoms with E-state index in [9.17, 15) is 9.90 Å². The van der Waals surface area contributed by atoms with Gasteiger partial charge >= 0.3 is 5.97 Å². The molecule has 8 nitrogen and oxygen atoms in total. The summed E-state index contributed by atoms with van der Waals surface area (Å²) in [6, 6.07) is 10.9. The molecule has 1 aromatic carbocycles. The zero-order valence-electron chi connectivity index (χ0n) is 14.6. The number of nitrogens with zero attached hydrogens (tertiary/aromatic N) is 4. The fraction of sp³-hybridized carbons (Fsp3) is 0.263. The number of carbonyl (C=O) groups is 1. The molecule has 138 valence electrons. The zero-order chi connectivity index (χ0) is 18.9. The van der Waals surface area contributed by atoms with Gasteiger partial charge in [-0.2, -0.15) is 4.98 Å². The predicted molar refractivity (Wildman–Crippen MR) is 101 cm³/mol. The molecule has 1 aliphatic rings. The van der Waals surface area contributed by atoms with Crippen LogP contribution in [0.4, 0.5) is 11.8 Å². The van der Waals surface area contributed by atoms with E-state index in [1.165, 1.54) is 0 Å². The van der Waals surface area contributed by atoms with Crippen LogP contribution in [0.1, 0.15) is 12.8 Å². The Kier molecular flexibility index (Phi) is 4.23. The molecule has 1 aliphatic heterocycles. The number of rotatable bonds is 4. The molecule has 3 N–H and O–H groups in total. The second-order valence-corrected chi connectivity index (χ2v) is 6.52. The third-order valence-electron chi connectivity index (χ3n) is 4.83. The van der Waals surface area contributed by atoms with Crippen molar-refractivity contribution in [3.8, 4) is 5.75 Å². The van der Waals surface area contributed by atoms with Crippen molar-refractivity contribution in [2.45, 2.75) is 18.4 Å². The number of hydrogen-bond acceptors (Lipinski definition) is 7. The van der Waals surface area contributed by atoms with Crippen LogP contribution in [-0.2, 0) is 4.79 Å². The number of benzene rings is 1. The first kappa shape index (κ1) is 17.0. The summed E-state index contributed by atoms with van der Waals surface area (Å²) in [5.41, 5.74) is 5.21. The first-order valence-corrected chi connectivity index (χ1v) is 8.66. The fourth-order valence-corrected chi connectivity index (χ4v) is 3.34. The zero-order valence-corrected chi connectivity index (χ0v) is 14.6. The van der Waals surface area contributed by atoms with E-state index in [2.05, 4.69) is 15.0 Å². The number of fused-ring (bicyclic) bond motifs is 1. The van der Waals surface area contributed by atoms with Gasteiger partial charge < -0.3 is 20.5 Å². The number of pyridine rings is 1. The van der Waals surface area contributed by atoms with Gasteiger partial charge in [0.15, 0.2) is 0 Å². The van der Waals surface area contributed by atoms with Crippen molar-refractivity contribution in [1.82, 2.24) is 15.0 Å². The smallest absolute Gasteiger partial charge is 0.348 e. The lowest BCUT2D eigenvalue weighted by Crippen LogP contribution is -2.53. The second kappa shape index (κ2) is 6.71. The van der Waals surface area contributed by atoms with Gasteiger partial charge in [0.25, 0.3) is 0 Å². The summed E-state index contributed by atoms with van der Waals surface area (Å²) in [6.07, 6.45) is 3.97. The molecule has 0 spiro atoms. The average Bonchev–Trinajstić information content (AvgIpc) is 2.68. The normalized spacial score (nSPS) is 16.2. The molecule has 4 rings (SSSR count). The van der Waals surface area contributed by atoms with Crippen LogP contribution in [0.2, 0.25) is 0 Å². The summed E-state index contributed by atoms with van der Waals surface area (Å²) in [5, 5.41) is 10.8. The Labute approximate surface area is 155 Å². The van der Waals surface area contributed by atoms with Crippen LogP contribution in [0.15, 0.2) is 48.8 Å². The van der Waals surface area contributed by atoms with E-state index in [1.54, 1.807) is 24.5 Å². The lowest BCUT2D eigenvalue weighted by atomic mass is 9.91. The number of hydrogen-bond donors (Lipinski definition) is 2. The quantitative estimate of drug-likeness (QED) is 0.722. The van der Waals surface area contributed by atoms with Crippen LogP contribution in [0.25, 0.3) is 10.9 Å². The lowest BCUT2D eigenvalue weighted by molar-refractivity contribution is -0.157. The molecule has 2 aromatic heterocycles. The maximum Gasteiger partial charge on any atom is 0.348 e. The van der Waals surface area contributed by atoms with E-state index in [1.807, 2.05) is 29.2 Å². The molecule has 0 unspecified atom stereocenters. The average molecular weight is 365 g/mol. The van der Waals surface area contributed by atoms with E-state index in [-0.39, 0.29) is 5.95 Å². The summed E-state index contributed by atoms with van der Waals surface area (Å²) >= 11 is 0. The van der Waals surface area contributed by atoms with Crippen molar-refractivity contribution in [1.29, 1.82) is 0 Å². The van der Waals surface area contributed by atoms with Crippen molar-refractivity contribution in [2.75, 3.05) is 23.7 Å². The number of carboxylic acid groups (broad SMARTS) is 1. The van der Waals surface area contributed by atoms with Crippen LogP contribution in [0, 0.1) is 0 Å². The highest BCUT2D eigenvalue weighted by molar-refractivity contribution is 5.81. The van der Waals surface area contributed by atoms with Gasteiger partial charge in [-0.1, -0.05) is 6.07 Å². The Bertz CT molecular complexity index is 986. The topological polar surface area (TPSA) is 114 Å². The number of aliphatic carboxylic acids is 1. The first-order valence-electron chi connectivity index (χ1n) is 8.66. The molecule has 0 saturated carbocycles. The monoisotopic (exact) mass is 365 g/mol. The van der Waals surface area contributed by atoms with Crippen LogP contribution >= 0.6 is 0 Å². The summed E-state index contributed by atoms with van der Waals surface area (Å²) in [5.74, 6) is 0.454. The van der Waals surface area contributed by atoms with Crippen LogP contribution in [0.5, 0.6) is 5.75 Å². The van der Waals surface area contributed by atoms with E-state index in [0.717, 1.165) is 10.9 Å². The van der Waals surface area contributed by atoms with Crippen LogP contribution in [0.3, 0.4) is 0 Å². The minimum absolute atomic E-state index is 0.198. The van der Waals surface area contributed by atoms with Crippen molar-refractivity contribution in [3.63, 3.8) is 0 Å². The first-order chi connectivity index (χ1) is 13.1. The fourth-order valence-electron chi connectivity index (χ4n) is 3.34. The summed E-state index contributed by atoms with van der Waals surface area (Å²) in [7, 11) is 0. The number of carboxylic acids is 1. The van der Waals surface area contributed by atoms with Crippen molar-refractivity contribution in [3.05, 3.63) is 48.8 Å². The highest BCUT2D eigenvalue weighted by Crippen LogP contribution is 2.32. The summed E-state index contributed by atoms with van der Waals surface area (Å²) < 4.78 is 6.01. The molecule has 1 saturated heterocycles. The molecule has 8 heteroatoms. The van der Waals surface area contributed by atoms with Gasteiger partial charge in [-0.15, -0.1) is 0 Å². The molecular formula is C19H19N5O3. The number of aromatic nitrogens is 3. The van der Waals surface area contributed by atoms with E-state index in [0.29, 0.717) is 37.5 Å².